The van der Waals surface area contributed by atoms with Crippen LogP contribution in [0.15, 0.2) is 36.4 Å². The minimum atomic E-state index is -0.335. The molecule has 0 saturated carbocycles. The Morgan fingerprint density at radius 3 is 2.45 bits per heavy atom. The van der Waals surface area contributed by atoms with Crippen molar-refractivity contribution in [2.45, 2.75) is 13.8 Å². The van der Waals surface area contributed by atoms with Crippen molar-refractivity contribution in [1.82, 2.24) is 0 Å². The number of rotatable bonds is 2. The molecule has 0 aliphatic heterocycles. The van der Waals surface area contributed by atoms with Crippen LogP contribution in [0.5, 0.6) is 0 Å². The average molecular weight is 290 g/mol. The number of carbonyl (C=O) groups is 1. The lowest BCUT2D eigenvalue weighted by atomic mass is 10.2. The van der Waals surface area contributed by atoms with Crippen molar-refractivity contribution >= 4 is 34.7 Å². The summed E-state index contributed by atoms with van der Waals surface area (Å²) in [7, 11) is 0. The summed E-state index contributed by atoms with van der Waals surface area (Å²) in [5.74, 6) is 0. The molecule has 2 amide bonds. The molecule has 0 aliphatic carbocycles. The number of halogens is 1. The third-order valence-corrected chi connectivity index (χ3v) is 3.35. The zero-order valence-electron chi connectivity index (χ0n) is 11.3. The number of carbonyl (C=O) groups excluding carboxylic acids is 1. The number of urea groups is 1. The molecule has 0 aliphatic rings. The number of nitrogens with two attached hydrogens (primary N) is 1. The van der Waals surface area contributed by atoms with E-state index in [0.717, 1.165) is 11.1 Å². The van der Waals surface area contributed by atoms with Gasteiger partial charge in [-0.2, -0.15) is 0 Å². The van der Waals surface area contributed by atoms with Gasteiger partial charge in [-0.1, -0.05) is 23.7 Å². The van der Waals surface area contributed by atoms with Crippen molar-refractivity contribution in [2.75, 3.05) is 16.4 Å². The molecule has 0 aromatic heterocycles. The van der Waals surface area contributed by atoms with Crippen molar-refractivity contribution in [3.8, 4) is 0 Å². The van der Waals surface area contributed by atoms with Gasteiger partial charge in [0, 0.05) is 22.1 Å². The van der Waals surface area contributed by atoms with E-state index in [1.165, 1.54) is 0 Å². The zero-order chi connectivity index (χ0) is 14.7. The average Bonchev–Trinajstić information content (AvgIpc) is 2.38. The lowest BCUT2D eigenvalue weighted by Crippen LogP contribution is -2.20. The Morgan fingerprint density at radius 1 is 1.05 bits per heavy atom. The number of aryl methyl sites for hydroxylation is 2. The van der Waals surface area contributed by atoms with Crippen LogP contribution in [0.3, 0.4) is 0 Å². The SMILES string of the molecule is Cc1ccc(NC(=O)Nc2cc(N)ccc2C)cc1Cl. The van der Waals surface area contributed by atoms with Crippen molar-refractivity contribution in [3.05, 3.63) is 52.5 Å². The number of amides is 2. The third-order valence-electron chi connectivity index (χ3n) is 2.94. The maximum atomic E-state index is 11.9. The summed E-state index contributed by atoms with van der Waals surface area (Å²) in [5, 5.41) is 6.10. The molecule has 2 rings (SSSR count). The molecule has 0 fully saturated rings. The fourth-order valence-electron chi connectivity index (χ4n) is 1.73. The molecule has 2 aromatic carbocycles. The topological polar surface area (TPSA) is 67.2 Å². The van der Waals surface area contributed by atoms with Gasteiger partial charge in [-0.05, 0) is 49.2 Å². The van der Waals surface area contributed by atoms with Crippen LogP contribution in [0.1, 0.15) is 11.1 Å². The smallest absolute Gasteiger partial charge is 0.323 e. The summed E-state index contributed by atoms with van der Waals surface area (Å²) in [4.78, 5) is 11.9. The first-order valence-corrected chi connectivity index (χ1v) is 6.54. The molecule has 104 valence electrons. The first kappa shape index (κ1) is 14.2. The van der Waals surface area contributed by atoms with Gasteiger partial charge in [-0.15, -0.1) is 0 Å². The second-order valence-corrected chi connectivity index (χ2v) is 5.02. The second kappa shape index (κ2) is 5.84. The van der Waals surface area contributed by atoms with Crippen LogP contribution >= 0.6 is 11.6 Å². The molecule has 20 heavy (non-hydrogen) atoms. The van der Waals surface area contributed by atoms with E-state index >= 15 is 0 Å². The quantitative estimate of drug-likeness (QED) is 0.726. The van der Waals surface area contributed by atoms with Crippen molar-refractivity contribution in [3.63, 3.8) is 0 Å². The van der Waals surface area contributed by atoms with Gasteiger partial charge in [0.15, 0.2) is 0 Å². The van der Waals surface area contributed by atoms with Gasteiger partial charge in [0.2, 0.25) is 0 Å². The molecule has 0 saturated heterocycles. The Bertz CT molecular complexity index is 656. The minimum absolute atomic E-state index is 0.335. The highest BCUT2D eigenvalue weighted by atomic mass is 35.5. The Hall–Kier alpha value is -2.20. The van der Waals surface area contributed by atoms with Crippen molar-refractivity contribution in [1.29, 1.82) is 0 Å². The summed E-state index contributed by atoms with van der Waals surface area (Å²) in [6, 6.07) is 10.4. The number of anilines is 3. The van der Waals surface area contributed by atoms with Crippen molar-refractivity contribution in [2.24, 2.45) is 0 Å². The first-order valence-electron chi connectivity index (χ1n) is 6.16. The van der Waals surface area contributed by atoms with Gasteiger partial charge in [-0.25, -0.2) is 4.79 Å². The van der Waals surface area contributed by atoms with Crippen LogP contribution in [0.2, 0.25) is 5.02 Å². The molecule has 5 heteroatoms. The summed E-state index contributed by atoms with van der Waals surface area (Å²) in [5.41, 5.74) is 9.53. The monoisotopic (exact) mass is 289 g/mol. The molecule has 0 heterocycles. The Labute approximate surface area is 122 Å². The normalized spacial score (nSPS) is 10.2. The third kappa shape index (κ3) is 3.42. The number of benzene rings is 2. The lowest BCUT2D eigenvalue weighted by Gasteiger charge is -2.11. The molecular weight excluding hydrogens is 274 g/mol. The van der Waals surface area contributed by atoms with Gasteiger partial charge in [-0.3, -0.25) is 0 Å². The highest BCUT2D eigenvalue weighted by Crippen LogP contribution is 2.21. The van der Waals surface area contributed by atoms with Crippen LogP contribution in [0.4, 0.5) is 21.9 Å². The zero-order valence-corrected chi connectivity index (χ0v) is 12.1. The van der Waals surface area contributed by atoms with E-state index in [-0.39, 0.29) is 6.03 Å². The highest BCUT2D eigenvalue weighted by Gasteiger charge is 2.06. The Morgan fingerprint density at radius 2 is 1.75 bits per heavy atom. The number of nitrogen functional groups attached to an aromatic ring is 1. The van der Waals surface area contributed by atoms with Crippen LogP contribution in [-0.2, 0) is 0 Å². The number of nitrogens with one attached hydrogen (secondary N) is 2. The maximum Gasteiger partial charge on any atom is 0.323 e. The van der Waals surface area contributed by atoms with Gasteiger partial charge < -0.3 is 16.4 Å². The largest absolute Gasteiger partial charge is 0.399 e. The molecule has 0 atom stereocenters. The van der Waals surface area contributed by atoms with E-state index in [4.69, 9.17) is 17.3 Å². The van der Waals surface area contributed by atoms with E-state index in [1.807, 2.05) is 26.0 Å². The highest BCUT2D eigenvalue weighted by molar-refractivity contribution is 6.31. The predicted octanol–water partition coefficient (Wildman–Crippen LogP) is 4.18. The van der Waals surface area contributed by atoms with Crippen LogP contribution in [0.25, 0.3) is 0 Å². The number of hydrogen-bond acceptors (Lipinski definition) is 2. The standard InChI is InChI=1S/C15H16ClN3O/c1-9-4-6-12(8-13(9)16)18-15(20)19-14-7-11(17)5-3-10(14)2/h3-8H,17H2,1-2H3,(H2,18,19,20). The van der Waals surface area contributed by atoms with E-state index in [9.17, 15) is 4.79 Å². The van der Waals surface area contributed by atoms with Crippen LogP contribution < -0.4 is 16.4 Å². The molecule has 0 bridgehead atoms. The fraction of sp³-hybridized carbons (Fsp3) is 0.133. The molecule has 4 nitrogen and oxygen atoms in total. The second-order valence-electron chi connectivity index (χ2n) is 4.62. The molecule has 0 radical (unpaired) electrons. The molecular formula is C15H16ClN3O. The molecule has 2 aromatic rings. The van der Waals surface area contributed by atoms with E-state index in [0.29, 0.717) is 22.1 Å². The fourth-order valence-corrected chi connectivity index (χ4v) is 1.91. The minimum Gasteiger partial charge on any atom is -0.399 e. The molecule has 0 unspecified atom stereocenters. The van der Waals surface area contributed by atoms with Gasteiger partial charge in [0.05, 0.1) is 0 Å². The van der Waals surface area contributed by atoms with E-state index < -0.39 is 0 Å². The van der Waals surface area contributed by atoms with Gasteiger partial charge in [0.25, 0.3) is 0 Å². The van der Waals surface area contributed by atoms with Gasteiger partial charge >= 0.3 is 6.03 Å². The summed E-state index contributed by atoms with van der Waals surface area (Å²) in [6.07, 6.45) is 0. The van der Waals surface area contributed by atoms with Crippen LogP contribution in [0, 0.1) is 13.8 Å². The predicted molar refractivity (Wildman–Crippen MR) is 84.4 cm³/mol. The Balaban J connectivity index is 2.09. The maximum absolute atomic E-state index is 11.9. The summed E-state index contributed by atoms with van der Waals surface area (Å²) >= 11 is 6.02. The molecule has 0 spiro atoms. The first-order chi connectivity index (χ1) is 9.45. The van der Waals surface area contributed by atoms with E-state index in [2.05, 4.69) is 10.6 Å². The summed E-state index contributed by atoms with van der Waals surface area (Å²) < 4.78 is 0. The number of hydrogen-bond donors (Lipinski definition) is 3. The summed E-state index contributed by atoms with van der Waals surface area (Å²) in [6.45, 7) is 3.81. The lowest BCUT2D eigenvalue weighted by molar-refractivity contribution is 0.262. The van der Waals surface area contributed by atoms with Gasteiger partial charge in [0.1, 0.15) is 0 Å². The Kier molecular flexibility index (Phi) is 4.15. The van der Waals surface area contributed by atoms with E-state index in [1.54, 1.807) is 24.3 Å². The van der Waals surface area contributed by atoms with Crippen LogP contribution in [-0.4, -0.2) is 6.03 Å². The van der Waals surface area contributed by atoms with Crippen molar-refractivity contribution < 1.29 is 4.79 Å². The molecule has 4 N–H and O–H groups in total.